The third-order valence-electron chi connectivity index (χ3n) is 4.15. The Morgan fingerprint density at radius 1 is 1.17 bits per heavy atom. The van der Waals surface area contributed by atoms with E-state index in [9.17, 15) is 22.0 Å². The minimum absolute atomic E-state index is 0.0808. The van der Waals surface area contributed by atoms with Crippen LogP contribution in [0.5, 0.6) is 0 Å². The molecule has 10 heteroatoms. The largest absolute Gasteiger partial charge is 0.348 e. The molecule has 0 heterocycles. The van der Waals surface area contributed by atoms with Crippen molar-refractivity contribution in [3.63, 3.8) is 0 Å². The second kappa shape index (κ2) is 10.4. The molecule has 2 N–H and O–H groups in total. The Balaban J connectivity index is 2.19. The summed E-state index contributed by atoms with van der Waals surface area (Å²) < 4.78 is 54.7. The van der Waals surface area contributed by atoms with Gasteiger partial charge in [0, 0.05) is 0 Å². The van der Waals surface area contributed by atoms with Crippen molar-refractivity contribution >= 4 is 39.3 Å². The maximum Gasteiger partial charge on any atom is 0.244 e. The zero-order valence-electron chi connectivity index (χ0n) is 15.8. The summed E-state index contributed by atoms with van der Waals surface area (Å²) in [6.45, 7) is 1.67. The van der Waals surface area contributed by atoms with Gasteiger partial charge < -0.3 is 5.32 Å². The summed E-state index contributed by atoms with van der Waals surface area (Å²) >= 11 is 7.22. The first-order valence-electron chi connectivity index (χ1n) is 8.67. The fourth-order valence-electron chi connectivity index (χ4n) is 2.57. The van der Waals surface area contributed by atoms with Crippen molar-refractivity contribution < 1.29 is 22.0 Å². The maximum absolute atomic E-state index is 13.9. The number of halogens is 3. The van der Waals surface area contributed by atoms with Crippen molar-refractivity contribution in [2.24, 2.45) is 0 Å². The van der Waals surface area contributed by atoms with E-state index >= 15 is 0 Å². The van der Waals surface area contributed by atoms with E-state index in [4.69, 9.17) is 11.6 Å². The van der Waals surface area contributed by atoms with Gasteiger partial charge in [0.1, 0.15) is 22.6 Å². The van der Waals surface area contributed by atoms with Crippen LogP contribution in [0.4, 0.5) is 8.78 Å². The second-order valence-electron chi connectivity index (χ2n) is 6.29. The molecule has 2 aromatic rings. The highest BCUT2D eigenvalue weighted by molar-refractivity contribution is 7.98. The van der Waals surface area contributed by atoms with Gasteiger partial charge in [-0.25, -0.2) is 17.2 Å². The average molecular weight is 463 g/mol. The molecule has 0 aliphatic heterocycles. The van der Waals surface area contributed by atoms with E-state index in [1.807, 2.05) is 6.26 Å². The van der Waals surface area contributed by atoms with Gasteiger partial charge in [-0.2, -0.15) is 16.5 Å². The molecule has 0 radical (unpaired) electrons. The standard InChI is InChI=1S/C19H21ClF2N2O3S2/c1-12(13-7-8-15(21)14(20)11-13)23-19(25)17(9-10-28-2)24-29(26,27)18-6-4-3-5-16(18)22/h3-8,11-12,17,24H,9-10H2,1-2H3,(H,23,25). The van der Waals surface area contributed by atoms with Gasteiger partial charge in [-0.3, -0.25) is 4.79 Å². The van der Waals surface area contributed by atoms with Crippen LogP contribution in [0.15, 0.2) is 47.4 Å². The zero-order valence-corrected chi connectivity index (χ0v) is 18.2. The smallest absolute Gasteiger partial charge is 0.244 e. The fourth-order valence-corrected chi connectivity index (χ4v) is 4.54. The second-order valence-corrected chi connectivity index (χ2v) is 9.36. The molecule has 5 nitrogen and oxygen atoms in total. The van der Waals surface area contributed by atoms with Crippen molar-refractivity contribution in [2.75, 3.05) is 12.0 Å². The van der Waals surface area contributed by atoms with Crippen molar-refractivity contribution in [1.29, 1.82) is 0 Å². The fraction of sp³-hybridized carbons (Fsp3) is 0.316. The molecule has 2 rings (SSSR count). The quantitative estimate of drug-likeness (QED) is 0.592. The molecule has 0 spiro atoms. The minimum Gasteiger partial charge on any atom is -0.348 e. The lowest BCUT2D eigenvalue weighted by molar-refractivity contribution is -0.123. The number of sulfonamides is 1. The molecular formula is C19H21ClF2N2O3S2. The Kier molecular flexibility index (Phi) is 8.45. The Bertz CT molecular complexity index is 974. The molecule has 0 saturated heterocycles. The molecule has 0 saturated carbocycles. The molecule has 2 unspecified atom stereocenters. The van der Waals surface area contributed by atoms with Crippen LogP contribution in [-0.4, -0.2) is 32.4 Å². The lowest BCUT2D eigenvalue weighted by Gasteiger charge is -2.22. The number of thioether (sulfide) groups is 1. The van der Waals surface area contributed by atoms with E-state index in [1.165, 1.54) is 42.1 Å². The summed E-state index contributed by atoms with van der Waals surface area (Å²) in [7, 11) is -4.24. The van der Waals surface area contributed by atoms with Gasteiger partial charge in [-0.05, 0) is 55.2 Å². The SMILES string of the molecule is CSCCC(NS(=O)(=O)c1ccccc1F)C(=O)NC(C)c1ccc(F)c(Cl)c1. The van der Waals surface area contributed by atoms with Crippen molar-refractivity contribution in [1.82, 2.24) is 10.0 Å². The van der Waals surface area contributed by atoms with Crippen LogP contribution in [0.2, 0.25) is 5.02 Å². The van der Waals surface area contributed by atoms with Crippen LogP contribution in [-0.2, 0) is 14.8 Å². The van der Waals surface area contributed by atoms with E-state index in [1.54, 1.807) is 6.92 Å². The van der Waals surface area contributed by atoms with E-state index < -0.39 is 44.5 Å². The number of hydrogen-bond acceptors (Lipinski definition) is 4. The molecule has 0 aromatic heterocycles. The zero-order chi connectivity index (χ0) is 21.6. The van der Waals surface area contributed by atoms with Crippen LogP contribution >= 0.6 is 23.4 Å². The normalized spacial score (nSPS) is 13.7. The predicted octanol–water partition coefficient (Wildman–Crippen LogP) is 3.90. The summed E-state index contributed by atoms with van der Waals surface area (Å²) in [4.78, 5) is 12.2. The first-order chi connectivity index (χ1) is 13.7. The maximum atomic E-state index is 13.9. The highest BCUT2D eigenvalue weighted by Crippen LogP contribution is 2.21. The van der Waals surface area contributed by atoms with Gasteiger partial charge in [-0.15, -0.1) is 0 Å². The van der Waals surface area contributed by atoms with Gasteiger partial charge in [-0.1, -0.05) is 29.8 Å². The van der Waals surface area contributed by atoms with Crippen LogP contribution in [0.1, 0.15) is 24.9 Å². The topological polar surface area (TPSA) is 75.3 Å². The Morgan fingerprint density at radius 3 is 2.48 bits per heavy atom. The summed E-state index contributed by atoms with van der Waals surface area (Å²) in [6.07, 6.45) is 2.03. The van der Waals surface area contributed by atoms with Crippen LogP contribution in [0.25, 0.3) is 0 Å². The number of amides is 1. The molecule has 29 heavy (non-hydrogen) atoms. The van der Waals surface area contributed by atoms with Gasteiger partial charge in [0.2, 0.25) is 15.9 Å². The first kappa shape index (κ1) is 23.6. The molecule has 0 aliphatic carbocycles. The molecule has 0 bridgehead atoms. The van der Waals surface area contributed by atoms with Gasteiger partial charge >= 0.3 is 0 Å². The van der Waals surface area contributed by atoms with Crippen LogP contribution in [0.3, 0.4) is 0 Å². The summed E-state index contributed by atoms with van der Waals surface area (Å²) in [6, 6.07) is 7.34. The monoisotopic (exact) mass is 462 g/mol. The summed E-state index contributed by atoms with van der Waals surface area (Å²) in [5.41, 5.74) is 0.560. The molecule has 0 fully saturated rings. The minimum atomic E-state index is -4.24. The van der Waals surface area contributed by atoms with Crippen molar-refractivity contribution in [3.05, 3.63) is 64.7 Å². The third-order valence-corrected chi connectivity index (χ3v) is 6.59. The number of carbonyl (C=O) groups excluding carboxylic acids is 1. The molecule has 2 atom stereocenters. The Morgan fingerprint density at radius 2 is 1.86 bits per heavy atom. The van der Waals surface area contributed by atoms with E-state index in [-0.39, 0.29) is 11.4 Å². The van der Waals surface area contributed by atoms with E-state index in [0.717, 1.165) is 12.1 Å². The number of nitrogens with one attached hydrogen (secondary N) is 2. The summed E-state index contributed by atoms with van der Waals surface area (Å²) in [5.74, 6) is -1.55. The molecule has 1 amide bonds. The molecule has 2 aromatic carbocycles. The van der Waals surface area contributed by atoms with E-state index in [2.05, 4.69) is 10.0 Å². The Labute approximate surface area is 178 Å². The number of carbonyl (C=O) groups is 1. The highest BCUT2D eigenvalue weighted by atomic mass is 35.5. The predicted molar refractivity (Wildman–Crippen MR) is 111 cm³/mol. The van der Waals surface area contributed by atoms with Crippen molar-refractivity contribution in [2.45, 2.75) is 30.3 Å². The molecular weight excluding hydrogens is 442 g/mol. The van der Waals surface area contributed by atoms with Crippen LogP contribution in [0, 0.1) is 11.6 Å². The van der Waals surface area contributed by atoms with Crippen LogP contribution < -0.4 is 10.0 Å². The Hall–Kier alpha value is -1.68. The van der Waals surface area contributed by atoms with Gasteiger partial charge in [0.05, 0.1) is 11.1 Å². The highest BCUT2D eigenvalue weighted by Gasteiger charge is 2.28. The number of hydrogen-bond donors (Lipinski definition) is 2. The molecule has 0 aliphatic rings. The van der Waals surface area contributed by atoms with Gasteiger partial charge in [0.15, 0.2) is 0 Å². The lowest BCUT2D eigenvalue weighted by Crippen LogP contribution is -2.47. The molecule has 158 valence electrons. The first-order valence-corrected chi connectivity index (χ1v) is 11.9. The lowest BCUT2D eigenvalue weighted by atomic mass is 10.1. The third kappa shape index (κ3) is 6.40. The van der Waals surface area contributed by atoms with Crippen molar-refractivity contribution in [3.8, 4) is 0 Å². The van der Waals surface area contributed by atoms with Gasteiger partial charge in [0.25, 0.3) is 0 Å². The van der Waals surface area contributed by atoms with E-state index in [0.29, 0.717) is 11.3 Å². The number of rotatable bonds is 9. The average Bonchev–Trinajstić information content (AvgIpc) is 2.67. The number of benzene rings is 2. The summed E-state index contributed by atoms with van der Waals surface area (Å²) in [5, 5.41) is 2.61.